The Kier molecular flexibility index (Phi) is 3.42. The van der Waals surface area contributed by atoms with E-state index in [2.05, 4.69) is 9.71 Å². The van der Waals surface area contributed by atoms with Crippen LogP contribution in [0.2, 0.25) is 5.02 Å². The van der Waals surface area contributed by atoms with Gasteiger partial charge in [-0.15, -0.1) is 0 Å². The molecule has 1 aromatic heterocycles. The van der Waals surface area contributed by atoms with Crippen molar-refractivity contribution in [2.75, 3.05) is 4.72 Å². The molecule has 0 spiro atoms. The van der Waals surface area contributed by atoms with Crippen molar-refractivity contribution >= 4 is 38.4 Å². The molecule has 3 aromatic rings. The number of H-pyrrole nitrogens is 1. The number of oxazole rings is 1. The number of rotatable bonds is 3. The molecule has 3 rings (SSSR count). The average molecular weight is 343 g/mol. The van der Waals surface area contributed by atoms with Crippen molar-refractivity contribution in [3.63, 3.8) is 0 Å². The van der Waals surface area contributed by atoms with Crippen LogP contribution in [0.4, 0.5) is 10.1 Å². The molecule has 0 saturated heterocycles. The number of nitrogens with one attached hydrogen (secondary N) is 2. The quantitative estimate of drug-likeness (QED) is 0.765. The highest BCUT2D eigenvalue weighted by Crippen LogP contribution is 2.24. The van der Waals surface area contributed by atoms with Crippen molar-refractivity contribution in [2.45, 2.75) is 4.90 Å². The second kappa shape index (κ2) is 5.15. The molecule has 1 heterocycles. The molecule has 0 radical (unpaired) electrons. The van der Waals surface area contributed by atoms with E-state index in [0.717, 1.165) is 18.2 Å². The maximum absolute atomic E-state index is 13.6. The Morgan fingerprint density at radius 1 is 1.18 bits per heavy atom. The molecule has 0 saturated carbocycles. The minimum absolute atomic E-state index is 0.0828. The van der Waals surface area contributed by atoms with E-state index in [1.807, 2.05) is 0 Å². The molecule has 2 N–H and O–H groups in total. The summed E-state index contributed by atoms with van der Waals surface area (Å²) in [6, 6.07) is 7.31. The van der Waals surface area contributed by atoms with E-state index in [4.69, 9.17) is 16.0 Å². The van der Waals surface area contributed by atoms with Crippen molar-refractivity contribution < 1.29 is 17.2 Å². The fourth-order valence-corrected chi connectivity index (χ4v) is 3.12. The lowest BCUT2D eigenvalue weighted by molar-refractivity contribution is 0.554. The van der Waals surface area contributed by atoms with E-state index in [1.165, 1.54) is 18.2 Å². The van der Waals surface area contributed by atoms with Crippen LogP contribution in [-0.4, -0.2) is 13.4 Å². The summed E-state index contributed by atoms with van der Waals surface area (Å²) in [7, 11) is -4.06. The van der Waals surface area contributed by atoms with Crippen LogP contribution in [0.1, 0.15) is 0 Å². The molecule has 0 bridgehead atoms. The maximum atomic E-state index is 13.6. The summed E-state index contributed by atoms with van der Waals surface area (Å²) in [6.07, 6.45) is 0. The van der Waals surface area contributed by atoms with Crippen LogP contribution in [0, 0.1) is 5.82 Å². The van der Waals surface area contributed by atoms with Gasteiger partial charge in [0.1, 0.15) is 5.82 Å². The topological polar surface area (TPSA) is 92.2 Å². The van der Waals surface area contributed by atoms with E-state index >= 15 is 0 Å². The number of halogens is 2. The van der Waals surface area contributed by atoms with Crippen molar-refractivity contribution in [2.24, 2.45) is 0 Å². The predicted molar refractivity (Wildman–Crippen MR) is 79.1 cm³/mol. The fraction of sp³-hybridized carbons (Fsp3) is 0. The third-order valence-electron chi connectivity index (χ3n) is 2.88. The highest BCUT2D eigenvalue weighted by atomic mass is 35.5. The molecule has 0 aliphatic heterocycles. The van der Waals surface area contributed by atoms with Gasteiger partial charge in [0, 0.05) is 11.1 Å². The molecular weight excluding hydrogens is 335 g/mol. The summed E-state index contributed by atoms with van der Waals surface area (Å²) in [4.78, 5) is 13.3. The number of aromatic amines is 1. The Bertz CT molecular complexity index is 1030. The summed E-state index contributed by atoms with van der Waals surface area (Å²) >= 11 is 5.72. The first-order valence-corrected chi connectivity index (χ1v) is 7.82. The van der Waals surface area contributed by atoms with E-state index in [0.29, 0.717) is 5.52 Å². The van der Waals surface area contributed by atoms with Gasteiger partial charge in [-0.3, -0.25) is 9.71 Å². The molecule has 114 valence electrons. The summed E-state index contributed by atoms with van der Waals surface area (Å²) in [5.74, 6) is -1.46. The maximum Gasteiger partial charge on any atom is 0.417 e. The van der Waals surface area contributed by atoms with Crippen molar-refractivity contribution in [1.29, 1.82) is 0 Å². The van der Waals surface area contributed by atoms with Crippen LogP contribution in [-0.2, 0) is 10.0 Å². The second-order valence-corrected chi connectivity index (χ2v) is 6.52. The first-order chi connectivity index (χ1) is 10.3. The van der Waals surface area contributed by atoms with Crippen molar-refractivity contribution in [3.05, 3.63) is 57.8 Å². The third-order valence-corrected chi connectivity index (χ3v) is 4.47. The number of fused-ring (bicyclic) bond motifs is 1. The number of hydrogen-bond acceptors (Lipinski definition) is 4. The van der Waals surface area contributed by atoms with E-state index in [9.17, 15) is 17.6 Å². The molecule has 9 heteroatoms. The van der Waals surface area contributed by atoms with Gasteiger partial charge in [0.15, 0.2) is 5.58 Å². The molecular formula is C13H8ClFN2O4S. The first-order valence-electron chi connectivity index (χ1n) is 5.96. The molecule has 6 nitrogen and oxygen atoms in total. The normalized spacial score (nSPS) is 11.7. The fourth-order valence-electron chi connectivity index (χ4n) is 1.87. The lowest BCUT2D eigenvalue weighted by Crippen LogP contribution is -2.13. The number of hydrogen-bond donors (Lipinski definition) is 2. The Morgan fingerprint density at radius 2 is 1.95 bits per heavy atom. The highest BCUT2D eigenvalue weighted by Gasteiger charge is 2.18. The molecule has 2 aromatic carbocycles. The van der Waals surface area contributed by atoms with Crippen LogP contribution in [0.3, 0.4) is 0 Å². The molecule has 0 aliphatic carbocycles. The van der Waals surface area contributed by atoms with Crippen molar-refractivity contribution in [1.82, 2.24) is 4.98 Å². The van der Waals surface area contributed by atoms with Gasteiger partial charge in [-0.25, -0.2) is 17.6 Å². The number of benzene rings is 2. The van der Waals surface area contributed by atoms with Crippen LogP contribution < -0.4 is 10.5 Å². The van der Waals surface area contributed by atoms with Gasteiger partial charge >= 0.3 is 5.76 Å². The largest absolute Gasteiger partial charge is 0.417 e. The van der Waals surface area contributed by atoms with Gasteiger partial charge < -0.3 is 4.42 Å². The molecule has 0 unspecified atom stereocenters. The van der Waals surface area contributed by atoms with Gasteiger partial charge in [0.2, 0.25) is 0 Å². The highest BCUT2D eigenvalue weighted by molar-refractivity contribution is 7.92. The smallest absolute Gasteiger partial charge is 0.408 e. The average Bonchev–Trinajstić information content (AvgIpc) is 2.81. The Morgan fingerprint density at radius 3 is 2.73 bits per heavy atom. The Labute approximate surface area is 128 Å². The number of aromatic nitrogens is 1. The van der Waals surface area contributed by atoms with Crippen LogP contribution in [0.25, 0.3) is 11.1 Å². The zero-order valence-electron chi connectivity index (χ0n) is 10.8. The Hall–Kier alpha value is -2.32. The van der Waals surface area contributed by atoms with Crippen LogP contribution in [0.15, 0.2) is 50.5 Å². The van der Waals surface area contributed by atoms with Gasteiger partial charge in [-0.05, 0) is 30.3 Å². The molecule has 0 amide bonds. The standard InChI is InChI=1S/C13H8ClFN2O4S/c14-7-1-3-9(15)11(5-7)17-22(19,20)8-2-4-10-12(6-8)21-13(18)16-10/h1-6,17H,(H,16,18). The minimum atomic E-state index is -4.06. The van der Waals surface area contributed by atoms with Gasteiger partial charge in [-0.2, -0.15) is 0 Å². The second-order valence-electron chi connectivity index (χ2n) is 4.40. The van der Waals surface area contributed by atoms with Crippen LogP contribution >= 0.6 is 11.6 Å². The van der Waals surface area contributed by atoms with Crippen LogP contribution in [0.5, 0.6) is 0 Å². The SMILES string of the molecule is O=c1[nH]c2ccc(S(=O)(=O)Nc3cc(Cl)ccc3F)cc2o1. The number of anilines is 1. The summed E-state index contributed by atoms with van der Waals surface area (Å²) in [6.45, 7) is 0. The van der Waals surface area contributed by atoms with E-state index in [1.54, 1.807) is 0 Å². The molecule has 0 fully saturated rings. The van der Waals surface area contributed by atoms with Crippen molar-refractivity contribution in [3.8, 4) is 0 Å². The zero-order chi connectivity index (χ0) is 15.9. The minimum Gasteiger partial charge on any atom is -0.408 e. The lowest BCUT2D eigenvalue weighted by atomic mass is 10.3. The summed E-state index contributed by atoms with van der Waals surface area (Å²) in [5.41, 5.74) is 0.167. The lowest BCUT2D eigenvalue weighted by Gasteiger charge is -2.09. The van der Waals surface area contributed by atoms with E-state index < -0.39 is 21.6 Å². The summed E-state index contributed by atoms with van der Waals surface area (Å²) < 4.78 is 45.0. The van der Waals surface area contributed by atoms with Gasteiger partial charge in [-0.1, -0.05) is 11.6 Å². The first kappa shape index (κ1) is 14.6. The monoisotopic (exact) mass is 342 g/mol. The van der Waals surface area contributed by atoms with E-state index in [-0.39, 0.29) is 21.2 Å². The number of sulfonamides is 1. The predicted octanol–water partition coefficient (Wildman–Crippen LogP) is 2.71. The third kappa shape index (κ3) is 2.70. The molecule has 0 aliphatic rings. The molecule has 0 atom stereocenters. The zero-order valence-corrected chi connectivity index (χ0v) is 12.3. The molecule has 22 heavy (non-hydrogen) atoms. The Balaban J connectivity index is 2.03. The van der Waals surface area contributed by atoms with Gasteiger partial charge in [0.05, 0.1) is 16.1 Å². The van der Waals surface area contributed by atoms with Gasteiger partial charge in [0.25, 0.3) is 10.0 Å². The summed E-state index contributed by atoms with van der Waals surface area (Å²) in [5, 5.41) is 0.186.